The zero-order chi connectivity index (χ0) is 23.5. The molecule has 0 aliphatic heterocycles. The van der Waals surface area contributed by atoms with E-state index in [2.05, 4.69) is 24.4 Å². The number of esters is 1. The molecule has 0 spiro atoms. The minimum absolute atomic E-state index is 0.0687. The summed E-state index contributed by atoms with van der Waals surface area (Å²) in [6, 6.07) is 25.6. The van der Waals surface area contributed by atoms with Gasteiger partial charge in [0, 0.05) is 35.5 Å². The van der Waals surface area contributed by atoms with Crippen LogP contribution in [0.15, 0.2) is 88.7 Å². The van der Waals surface area contributed by atoms with Gasteiger partial charge in [0.25, 0.3) is 0 Å². The van der Waals surface area contributed by atoms with Gasteiger partial charge in [-0.05, 0) is 66.9 Å². The van der Waals surface area contributed by atoms with Crippen LogP contribution in [0, 0.1) is 0 Å². The average Bonchev–Trinajstić information content (AvgIpc) is 2.82. The number of hydrogen-bond donors (Lipinski definition) is 1. The van der Waals surface area contributed by atoms with Gasteiger partial charge in [0.15, 0.2) is 0 Å². The van der Waals surface area contributed by atoms with Crippen LogP contribution in [0.3, 0.4) is 0 Å². The summed E-state index contributed by atoms with van der Waals surface area (Å²) in [5.74, 6) is 0.201. The molecule has 2 amide bonds. The molecule has 0 aliphatic carbocycles. The summed E-state index contributed by atoms with van der Waals surface area (Å²) < 4.78 is 5.08. The Balaban J connectivity index is 1.68. The van der Waals surface area contributed by atoms with E-state index in [1.807, 2.05) is 59.5 Å². The summed E-state index contributed by atoms with van der Waals surface area (Å²) >= 11 is 1.61. The third-order valence-electron chi connectivity index (χ3n) is 4.99. The fraction of sp³-hybridized carbons (Fsp3) is 0.259. The van der Waals surface area contributed by atoms with Gasteiger partial charge < -0.3 is 10.1 Å². The Hall–Kier alpha value is -3.25. The van der Waals surface area contributed by atoms with Crippen LogP contribution in [0.1, 0.15) is 32.3 Å². The van der Waals surface area contributed by atoms with Gasteiger partial charge in [-0.2, -0.15) is 0 Å². The van der Waals surface area contributed by atoms with Crippen molar-refractivity contribution in [3.05, 3.63) is 84.4 Å². The Morgan fingerprint density at radius 3 is 2.15 bits per heavy atom. The van der Waals surface area contributed by atoms with Crippen molar-refractivity contribution in [2.45, 2.75) is 42.9 Å². The summed E-state index contributed by atoms with van der Waals surface area (Å²) in [4.78, 5) is 27.9. The highest BCUT2D eigenvalue weighted by Crippen LogP contribution is 2.30. The number of ether oxygens (including phenoxy) is 1. The van der Waals surface area contributed by atoms with Crippen LogP contribution in [-0.4, -0.2) is 25.1 Å². The van der Waals surface area contributed by atoms with Gasteiger partial charge in [-0.25, -0.2) is 4.79 Å². The topological polar surface area (TPSA) is 58.6 Å². The Labute approximate surface area is 200 Å². The molecule has 0 heterocycles. The zero-order valence-corrected chi connectivity index (χ0v) is 19.9. The molecule has 3 aromatic carbocycles. The Morgan fingerprint density at radius 1 is 0.909 bits per heavy atom. The van der Waals surface area contributed by atoms with E-state index in [1.165, 1.54) is 12.5 Å². The van der Waals surface area contributed by atoms with Gasteiger partial charge in [-0.3, -0.25) is 9.69 Å². The number of benzene rings is 3. The van der Waals surface area contributed by atoms with Crippen molar-refractivity contribution in [2.75, 3.05) is 18.0 Å². The van der Waals surface area contributed by atoms with E-state index in [1.54, 1.807) is 23.9 Å². The maximum absolute atomic E-state index is 12.9. The van der Waals surface area contributed by atoms with E-state index in [-0.39, 0.29) is 12.0 Å². The standard InChI is InChI=1S/C27H30N2O3S/c1-3-4-19-28-27(31)29(20-18-22-8-6-5-7-9-22)23-10-14-25(15-11-23)33-26-16-12-24(13-17-26)32-21(2)30/h5-17H,3-4,18-20H2,1-2H3,(H,28,31). The van der Waals surface area contributed by atoms with Gasteiger partial charge >= 0.3 is 12.0 Å². The van der Waals surface area contributed by atoms with E-state index in [0.717, 1.165) is 34.7 Å². The van der Waals surface area contributed by atoms with Gasteiger partial charge in [0.05, 0.1) is 0 Å². The molecule has 0 unspecified atom stereocenters. The summed E-state index contributed by atoms with van der Waals surface area (Å²) in [6.45, 7) is 4.78. The smallest absolute Gasteiger partial charge is 0.321 e. The molecule has 0 aliphatic rings. The molecule has 5 nitrogen and oxygen atoms in total. The highest BCUT2D eigenvalue weighted by molar-refractivity contribution is 7.99. The lowest BCUT2D eigenvalue weighted by Crippen LogP contribution is -2.41. The number of amides is 2. The number of unbranched alkanes of at least 4 members (excludes halogenated alkanes) is 1. The molecule has 6 heteroatoms. The molecule has 0 saturated carbocycles. The van der Waals surface area contributed by atoms with Gasteiger partial charge in [-0.1, -0.05) is 55.4 Å². The molecule has 0 radical (unpaired) electrons. The fourth-order valence-corrected chi connectivity index (χ4v) is 4.09. The molecular formula is C27H30N2O3S. The molecule has 0 bridgehead atoms. The summed E-state index contributed by atoms with van der Waals surface area (Å²) in [7, 11) is 0. The van der Waals surface area contributed by atoms with Gasteiger partial charge in [0.1, 0.15) is 5.75 Å². The largest absolute Gasteiger partial charge is 0.427 e. The number of carbonyl (C=O) groups is 2. The molecule has 0 atom stereocenters. The summed E-state index contributed by atoms with van der Waals surface area (Å²) in [5, 5.41) is 3.04. The van der Waals surface area contributed by atoms with Crippen LogP contribution in [0.25, 0.3) is 0 Å². The van der Waals surface area contributed by atoms with Gasteiger partial charge in [-0.15, -0.1) is 0 Å². The first-order chi connectivity index (χ1) is 16.0. The van der Waals surface area contributed by atoms with Crippen molar-refractivity contribution in [3.8, 4) is 5.75 Å². The Kier molecular flexibility index (Phi) is 9.39. The number of urea groups is 1. The second-order valence-electron chi connectivity index (χ2n) is 7.63. The predicted molar refractivity (Wildman–Crippen MR) is 134 cm³/mol. The van der Waals surface area contributed by atoms with Gasteiger partial charge in [0.2, 0.25) is 0 Å². The van der Waals surface area contributed by atoms with E-state index < -0.39 is 0 Å². The third kappa shape index (κ3) is 7.99. The van der Waals surface area contributed by atoms with Crippen molar-refractivity contribution in [1.82, 2.24) is 5.32 Å². The minimum atomic E-state index is -0.332. The van der Waals surface area contributed by atoms with Crippen LogP contribution < -0.4 is 15.0 Å². The quantitative estimate of drug-likeness (QED) is 0.218. The fourth-order valence-electron chi connectivity index (χ4n) is 3.27. The van der Waals surface area contributed by atoms with Crippen LogP contribution in [0.5, 0.6) is 5.75 Å². The lowest BCUT2D eigenvalue weighted by molar-refractivity contribution is -0.131. The van der Waals surface area contributed by atoms with E-state index in [4.69, 9.17) is 4.74 Å². The highest BCUT2D eigenvalue weighted by atomic mass is 32.2. The number of anilines is 1. The van der Waals surface area contributed by atoms with Crippen molar-refractivity contribution in [3.63, 3.8) is 0 Å². The SMILES string of the molecule is CCCCNC(=O)N(CCc1ccccc1)c1ccc(Sc2ccc(OC(C)=O)cc2)cc1. The number of rotatable bonds is 10. The van der Waals surface area contributed by atoms with Crippen LogP contribution >= 0.6 is 11.8 Å². The molecule has 1 N–H and O–H groups in total. The van der Waals surface area contributed by atoms with Crippen molar-refractivity contribution < 1.29 is 14.3 Å². The normalized spacial score (nSPS) is 10.5. The molecular weight excluding hydrogens is 432 g/mol. The van der Waals surface area contributed by atoms with Crippen LogP contribution in [-0.2, 0) is 11.2 Å². The first kappa shape index (κ1) is 24.4. The number of hydrogen-bond acceptors (Lipinski definition) is 4. The first-order valence-corrected chi connectivity index (χ1v) is 12.0. The second kappa shape index (κ2) is 12.7. The molecule has 0 aromatic heterocycles. The highest BCUT2D eigenvalue weighted by Gasteiger charge is 2.15. The zero-order valence-electron chi connectivity index (χ0n) is 19.1. The lowest BCUT2D eigenvalue weighted by atomic mass is 10.1. The monoisotopic (exact) mass is 462 g/mol. The number of carbonyl (C=O) groups excluding carboxylic acids is 2. The molecule has 0 fully saturated rings. The average molecular weight is 463 g/mol. The van der Waals surface area contributed by atoms with Crippen LogP contribution in [0.2, 0.25) is 0 Å². The molecule has 172 valence electrons. The van der Waals surface area contributed by atoms with E-state index >= 15 is 0 Å². The molecule has 3 rings (SSSR count). The van der Waals surface area contributed by atoms with E-state index in [9.17, 15) is 9.59 Å². The molecule has 3 aromatic rings. The Morgan fingerprint density at radius 2 is 1.55 bits per heavy atom. The summed E-state index contributed by atoms with van der Waals surface area (Å²) in [6.07, 6.45) is 2.79. The Bertz CT molecular complexity index is 1020. The molecule has 33 heavy (non-hydrogen) atoms. The number of nitrogens with zero attached hydrogens (tertiary/aromatic N) is 1. The van der Waals surface area contributed by atoms with Crippen molar-refractivity contribution in [2.24, 2.45) is 0 Å². The second-order valence-corrected chi connectivity index (χ2v) is 8.78. The molecule has 0 saturated heterocycles. The summed E-state index contributed by atoms with van der Waals surface area (Å²) in [5.41, 5.74) is 2.07. The van der Waals surface area contributed by atoms with E-state index in [0.29, 0.717) is 18.8 Å². The minimum Gasteiger partial charge on any atom is -0.427 e. The first-order valence-electron chi connectivity index (χ1n) is 11.2. The maximum Gasteiger partial charge on any atom is 0.321 e. The van der Waals surface area contributed by atoms with Crippen molar-refractivity contribution >= 4 is 29.4 Å². The number of nitrogens with one attached hydrogen (secondary N) is 1. The van der Waals surface area contributed by atoms with Crippen LogP contribution in [0.4, 0.5) is 10.5 Å². The maximum atomic E-state index is 12.9. The predicted octanol–water partition coefficient (Wildman–Crippen LogP) is 6.32. The van der Waals surface area contributed by atoms with Crippen molar-refractivity contribution in [1.29, 1.82) is 0 Å². The third-order valence-corrected chi connectivity index (χ3v) is 6.00. The lowest BCUT2D eigenvalue weighted by Gasteiger charge is -2.23.